The molecule has 1 aliphatic heterocycles. The maximum Gasteiger partial charge on any atom is 0.283 e. The lowest BCUT2D eigenvalue weighted by Gasteiger charge is -2.43. The lowest BCUT2D eigenvalue weighted by molar-refractivity contribution is -0.186. The number of hydrogen-bond acceptors (Lipinski definition) is 8. The van der Waals surface area contributed by atoms with E-state index >= 15 is 0 Å². The minimum absolute atomic E-state index is 0.0856. The van der Waals surface area contributed by atoms with E-state index in [1.54, 1.807) is 6.07 Å². The molecule has 1 fully saturated rings. The van der Waals surface area contributed by atoms with Crippen molar-refractivity contribution in [2.75, 3.05) is 13.7 Å². The van der Waals surface area contributed by atoms with Crippen molar-refractivity contribution >= 4 is 40.8 Å². The number of hydrogen-bond donors (Lipinski definition) is 2. The van der Waals surface area contributed by atoms with Gasteiger partial charge in [-0.25, -0.2) is 13.5 Å². The number of thioether (sulfide) groups is 1. The van der Waals surface area contributed by atoms with Gasteiger partial charge in [-0.2, -0.15) is 0 Å². The highest BCUT2D eigenvalue weighted by atomic mass is 35.5. The van der Waals surface area contributed by atoms with E-state index in [2.05, 4.69) is 20.1 Å². The van der Waals surface area contributed by atoms with Crippen LogP contribution in [0.5, 0.6) is 0 Å². The normalized spacial score (nSPS) is 24.3. The van der Waals surface area contributed by atoms with E-state index in [0.29, 0.717) is 9.92 Å². The van der Waals surface area contributed by atoms with E-state index in [0.717, 1.165) is 23.9 Å². The molecule has 0 radical (unpaired) electrons. The molecule has 2 N–H and O–H groups in total. The fourth-order valence-electron chi connectivity index (χ4n) is 3.68. The van der Waals surface area contributed by atoms with Crippen molar-refractivity contribution in [2.45, 2.75) is 34.7 Å². The van der Waals surface area contributed by atoms with Crippen molar-refractivity contribution in [3.63, 3.8) is 0 Å². The van der Waals surface area contributed by atoms with Crippen molar-refractivity contribution in [3.8, 4) is 11.3 Å². The van der Waals surface area contributed by atoms with Crippen LogP contribution >= 0.6 is 35.0 Å². The van der Waals surface area contributed by atoms with Gasteiger partial charge in [-0.1, -0.05) is 35.0 Å². The number of benzene rings is 1. The highest BCUT2D eigenvalue weighted by Gasteiger charge is 2.47. The van der Waals surface area contributed by atoms with Crippen molar-refractivity contribution in [2.24, 2.45) is 0 Å². The number of aliphatic hydroxyl groups excluding tert-OH is 2. The summed E-state index contributed by atoms with van der Waals surface area (Å²) in [5.41, 5.74) is -0.626. The number of halogens is 4. The highest BCUT2D eigenvalue weighted by molar-refractivity contribution is 8.00. The van der Waals surface area contributed by atoms with E-state index in [1.165, 1.54) is 24.2 Å². The summed E-state index contributed by atoms with van der Waals surface area (Å²) in [5, 5.41) is 28.4. The van der Waals surface area contributed by atoms with Crippen LogP contribution in [-0.2, 0) is 9.47 Å². The standard InChI is InChI=1S/C21H17Cl2F2N5O4S/c1-26-20-15(5-10(22)6-27-20)35-21-19(33-2)17(18(32)14(8-31)34-21)30-7-13(28-29-30)9-3-11(24)16(23)12(25)4-9/h3-7,14,17-19,21,31-32H,8H2,2H3/t14?,17-,18-,19?,21+/m0/s1. The van der Waals surface area contributed by atoms with Gasteiger partial charge in [0.1, 0.15) is 58.3 Å². The first-order chi connectivity index (χ1) is 16.8. The number of methoxy groups -OCH3 is 1. The van der Waals surface area contributed by atoms with Gasteiger partial charge in [0.05, 0.1) is 17.8 Å². The quantitative estimate of drug-likeness (QED) is 0.356. The first-order valence-corrected chi connectivity index (χ1v) is 11.6. The number of aromatic nitrogens is 4. The second kappa shape index (κ2) is 10.7. The summed E-state index contributed by atoms with van der Waals surface area (Å²) in [6.45, 7) is 6.82. The van der Waals surface area contributed by atoms with Crippen LogP contribution < -0.4 is 0 Å². The summed E-state index contributed by atoms with van der Waals surface area (Å²) < 4.78 is 40.7. The molecular formula is C21H17Cl2F2N5O4S. The molecule has 9 nitrogen and oxygen atoms in total. The number of nitrogens with zero attached hydrogens (tertiary/aromatic N) is 5. The zero-order valence-corrected chi connectivity index (χ0v) is 20.2. The summed E-state index contributed by atoms with van der Waals surface area (Å²) in [5.74, 6) is -1.82. The predicted octanol–water partition coefficient (Wildman–Crippen LogP) is 3.90. The summed E-state index contributed by atoms with van der Waals surface area (Å²) >= 11 is 12.7. The number of rotatable bonds is 6. The Labute approximate surface area is 212 Å². The Bertz CT molecular complexity index is 1250. The lowest BCUT2D eigenvalue weighted by Crippen LogP contribution is -2.55. The van der Waals surface area contributed by atoms with Gasteiger partial charge in [0.2, 0.25) is 0 Å². The summed E-state index contributed by atoms with van der Waals surface area (Å²) in [4.78, 5) is 7.80. The predicted molar refractivity (Wildman–Crippen MR) is 123 cm³/mol. The van der Waals surface area contributed by atoms with E-state index in [1.807, 2.05) is 0 Å². The van der Waals surface area contributed by atoms with Crippen LogP contribution in [0.4, 0.5) is 14.6 Å². The van der Waals surface area contributed by atoms with Gasteiger partial charge in [0.15, 0.2) is 0 Å². The fourth-order valence-corrected chi connectivity index (χ4v) is 5.26. The number of aliphatic hydroxyl groups is 2. The molecule has 0 saturated carbocycles. The van der Waals surface area contributed by atoms with Crippen molar-refractivity contribution in [1.82, 2.24) is 20.0 Å². The van der Waals surface area contributed by atoms with Gasteiger partial charge < -0.3 is 24.5 Å². The zero-order chi connectivity index (χ0) is 25.3. The minimum atomic E-state index is -1.28. The van der Waals surface area contributed by atoms with Crippen molar-refractivity contribution in [1.29, 1.82) is 0 Å². The van der Waals surface area contributed by atoms with Crippen LogP contribution in [0.1, 0.15) is 6.04 Å². The topological polar surface area (TPSA) is 107 Å². The highest BCUT2D eigenvalue weighted by Crippen LogP contribution is 2.42. The number of pyridine rings is 1. The molecule has 3 heterocycles. The van der Waals surface area contributed by atoms with Crippen molar-refractivity contribution in [3.05, 3.63) is 63.7 Å². The second-order valence-corrected chi connectivity index (χ2v) is 9.40. The van der Waals surface area contributed by atoms with Crippen LogP contribution in [0.3, 0.4) is 0 Å². The molecule has 4 rings (SSSR count). The minimum Gasteiger partial charge on any atom is -0.394 e. The average Bonchev–Trinajstić information content (AvgIpc) is 3.32. The van der Waals surface area contributed by atoms with E-state index < -0.39 is 53.1 Å². The molecule has 1 aliphatic rings. The molecule has 5 atom stereocenters. The maximum atomic E-state index is 13.9. The summed E-state index contributed by atoms with van der Waals surface area (Å²) in [6.07, 6.45) is -0.451. The molecule has 0 bridgehead atoms. The average molecular weight is 544 g/mol. The first-order valence-electron chi connectivity index (χ1n) is 10.0. The molecule has 3 aromatic rings. The Morgan fingerprint density at radius 3 is 2.63 bits per heavy atom. The number of ether oxygens (including phenoxy) is 2. The maximum absolute atomic E-state index is 13.9. The Balaban J connectivity index is 1.70. The second-order valence-electron chi connectivity index (χ2n) is 7.45. The van der Waals surface area contributed by atoms with Gasteiger partial charge in [0, 0.05) is 17.6 Å². The summed E-state index contributed by atoms with van der Waals surface area (Å²) in [6, 6.07) is 2.66. The van der Waals surface area contributed by atoms with E-state index in [4.69, 9.17) is 39.2 Å². The Kier molecular flexibility index (Phi) is 7.87. The van der Waals surface area contributed by atoms with Crippen LogP contribution in [0.15, 0.2) is 35.5 Å². The Morgan fingerprint density at radius 2 is 2.00 bits per heavy atom. The Morgan fingerprint density at radius 1 is 1.29 bits per heavy atom. The monoisotopic (exact) mass is 543 g/mol. The molecule has 2 unspecified atom stereocenters. The molecule has 2 aromatic heterocycles. The SMILES string of the molecule is [C-]#[N+]c1ncc(Cl)cc1S[C@H]1OC(CO)[C@H](O)[C@H](n2cc(-c3cc(F)c(Cl)c(F)c3)nn2)C1OC. The van der Waals surface area contributed by atoms with E-state index in [-0.39, 0.29) is 17.1 Å². The van der Waals surface area contributed by atoms with Gasteiger partial charge in [-0.15, -0.1) is 21.8 Å². The van der Waals surface area contributed by atoms with Gasteiger partial charge >= 0.3 is 0 Å². The summed E-state index contributed by atoms with van der Waals surface area (Å²) in [7, 11) is 1.40. The zero-order valence-electron chi connectivity index (χ0n) is 17.8. The third-order valence-electron chi connectivity index (χ3n) is 5.34. The molecule has 14 heteroatoms. The molecule has 0 spiro atoms. The third-order valence-corrected chi connectivity index (χ3v) is 7.07. The lowest BCUT2D eigenvalue weighted by atomic mass is 9.97. The Hall–Kier alpha value is -2.37. The van der Waals surface area contributed by atoms with Gasteiger partial charge in [-0.3, -0.25) is 0 Å². The molecular weight excluding hydrogens is 527 g/mol. The van der Waals surface area contributed by atoms with Crippen LogP contribution in [0.25, 0.3) is 16.1 Å². The molecule has 1 saturated heterocycles. The van der Waals surface area contributed by atoms with Crippen LogP contribution in [-0.4, -0.2) is 67.7 Å². The van der Waals surface area contributed by atoms with Crippen molar-refractivity contribution < 1.29 is 28.5 Å². The molecule has 0 amide bonds. The van der Waals surface area contributed by atoms with Gasteiger partial charge in [0.25, 0.3) is 5.82 Å². The smallest absolute Gasteiger partial charge is 0.283 e. The van der Waals surface area contributed by atoms with Crippen LogP contribution in [0, 0.1) is 18.2 Å². The molecule has 0 aliphatic carbocycles. The molecule has 35 heavy (non-hydrogen) atoms. The van der Waals surface area contributed by atoms with Gasteiger partial charge in [-0.05, 0) is 18.2 Å². The largest absolute Gasteiger partial charge is 0.394 e. The molecule has 1 aromatic carbocycles. The third kappa shape index (κ3) is 5.12. The first kappa shape index (κ1) is 25.7. The van der Waals surface area contributed by atoms with E-state index in [9.17, 15) is 19.0 Å². The molecule has 184 valence electrons. The van der Waals surface area contributed by atoms with Crippen LogP contribution in [0.2, 0.25) is 10.0 Å². The fraction of sp³-hybridized carbons (Fsp3) is 0.333.